The van der Waals surface area contributed by atoms with E-state index in [1.54, 1.807) is 0 Å². The summed E-state index contributed by atoms with van der Waals surface area (Å²) in [6, 6.07) is 0.471. The summed E-state index contributed by atoms with van der Waals surface area (Å²) in [5.74, 6) is 0.928. The second kappa shape index (κ2) is 2.51. The summed E-state index contributed by atoms with van der Waals surface area (Å²) in [4.78, 5) is 2.52. The molecule has 2 nitrogen and oxygen atoms in total. The zero-order chi connectivity index (χ0) is 6.97. The van der Waals surface area contributed by atoms with E-state index in [1.807, 2.05) is 0 Å². The molecule has 58 valence electrons. The van der Waals surface area contributed by atoms with Crippen LogP contribution in [0.15, 0.2) is 0 Å². The van der Waals surface area contributed by atoms with Crippen LogP contribution in [0.5, 0.6) is 0 Å². The van der Waals surface area contributed by atoms with Crippen LogP contribution in [0.2, 0.25) is 0 Å². The highest BCUT2D eigenvalue weighted by atomic mass is 15.2. The lowest BCUT2D eigenvalue weighted by molar-refractivity contribution is 0.110. The molecule has 2 aliphatic heterocycles. The molecule has 3 atom stereocenters. The van der Waals surface area contributed by atoms with Gasteiger partial charge in [-0.25, -0.2) is 0 Å². The number of hydrogen-bond donors (Lipinski definition) is 1. The monoisotopic (exact) mass is 140 g/mol. The minimum atomic E-state index is 0.471. The third kappa shape index (κ3) is 1.18. The van der Waals surface area contributed by atoms with Gasteiger partial charge in [0.05, 0.1) is 0 Å². The molecule has 0 aliphatic carbocycles. The summed E-state index contributed by atoms with van der Waals surface area (Å²) in [6.45, 7) is 3.77. The Labute approximate surface area is 62.4 Å². The number of nitrogens with two attached hydrogens (primary N) is 1. The molecule has 2 aliphatic rings. The first-order chi connectivity index (χ1) is 4.84. The van der Waals surface area contributed by atoms with Crippen molar-refractivity contribution in [3.8, 4) is 0 Å². The molecule has 2 rings (SSSR count). The fraction of sp³-hybridized carbons (Fsp3) is 1.00. The average molecular weight is 140 g/mol. The van der Waals surface area contributed by atoms with Crippen LogP contribution >= 0.6 is 0 Å². The van der Waals surface area contributed by atoms with Crippen molar-refractivity contribution in [2.75, 3.05) is 19.6 Å². The van der Waals surface area contributed by atoms with E-state index < -0.39 is 0 Å². The molecule has 0 spiro atoms. The van der Waals surface area contributed by atoms with E-state index in [9.17, 15) is 0 Å². The van der Waals surface area contributed by atoms with Crippen molar-refractivity contribution < 1.29 is 0 Å². The maximum absolute atomic E-state index is 5.88. The van der Waals surface area contributed by atoms with E-state index in [2.05, 4.69) is 4.90 Å². The predicted octanol–water partition coefficient (Wildman–Crippen LogP) is 0.429. The minimum absolute atomic E-state index is 0.471. The maximum atomic E-state index is 5.88. The highest BCUT2D eigenvalue weighted by molar-refractivity contribution is 4.84. The number of rotatable bonds is 0. The molecule has 0 radical (unpaired) electrons. The molecule has 0 aromatic carbocycles. The van der Waals surface area contributed by atoms with E-state index in [-0.39, 0.29) is 0 Å². The van der Waals surface area contributed by atoms with Gasteiger partial charge in [0.2, 0.25) is 0 Å². The summed E-state index contributed by atoms with van der Waals surface area (Å²) in [5.41, 5.74) is 5.88. The quantitative estimate of drug-likeness (QED) is 0.528. The Morgan fingerprint density at radius 3 is 3.00 bits per heavy atom. The van der Waals surface area contributed by atoms with Crippen LogP contribution < -0.4 is 5.73 Å². The average Bonchev–Trinajstić information content (AvgIpc) is 1.85. The molecule has 2 bridgehead atoms. The molecule has 2 unspecified atom stereocenters. The first-order valence-electron chi connectivity index (χ1n) is 4.32. The molecular weight excluding hydrogens is 124 g/mol. The van der Waals surface area contributed by atoms with Crippen LogP contribution in [0.1, 0.15) is 19.3 Å². The summed E-state index contributed by atoms with van der Waals surface area (Å²) in [7, 11) is 0. The SMILES string of the molecule is NC1C[C@@H]2CCCN(C1)C2. The number of nitrogens with zero attached hydrogens (tertiary/aromatic N) is 1. The van der Waals surface area contributed by atoms with Crippen molar-refractivity contribution in [3.05, 3.63) is 0 Å². The normalized spacial score (nSPS) is 47.1. The van der Waals surface area contributed by atoms with Gasteiger partial charge in [0.1, 0.15) is 0 Å². The molecule has 0 amide bonds. The Morgan fingerprint density at radius 2 is 2.20 bits per heavy atom. The van der Waals surface area contributed by atoms with Crippen molar-refractivity contribution in [3.63, 3.8) is 0 Å². The lowest BCUT2D eigenvalue weighted by atomic mass is 9.87. The van der Waals surface area contributed by atoms with Crippen molar-refractivity contribution in [2.24, 2.45) is 11.7 Å². The van der Waals surface area contributed by atoms with Gasteiger partial charge in [-0.3, -0.25) is 0 Å². The first kappa shape index (κ1) is 6.62. The first-order valence-corrected chi connectivity index (χ1v) is 4.32. The van der Waals surface area contributed by atoms with Gasteiger partial charge in [-0.15, -0.1) is 0 Å². The lowest BCUT2D eigenvalue weighted by Gasteiger charge is -2.40. The molecular formula is C8H16N2. The lowest BCUT2D eigenvalue weighted by Crippen LogP contribution is -2.49. The van der Waals surface area contributed by atoms with Gasteiger partial charge in [-0.05, 0) is 31.7 Å². The van der Waals surface area contributed by atoms with E-state index in [1.165, 1.54) is 32.4 Å². The predicted molar refractivity (Wildman–Crippen MR) is 41.8 cm³/mol. The smallest absolute Gasteiger partial charge is 0.0170 e. The Kier molecular flexibility index (Phi) is 1.66. The Bertz CT molecular complexity index is 108. The second-order valence-corrected chi connectivity index (χ2v) is 3.76. The van der Waals surface area contributed by atoms with Gasteiger partial charge in [0.15, 0.2) is 0 Å². The summed E-state index contributed by atoms with van der Waals surface area (Å²) in [5, 5.41) is 0. The third-order valence-corrected chi connectivity index (χ3v) is 2.73. The van der Waals surface area contributed by atoms with Crippen LogP contribution in [0.3, 0.4) is 0 Å². The topological polar surface area (TPSA) is 29.3 Å². The molecule has 0 aromatic rings. The second-order valence-electron chi connectivity index (χ2n) is 3.76. The number of fused-ring (bicyclic) bond motifs is 2. The standard InChI is InChI=1S/C8H16N2/c9-8-4-7-2-1-3-10(5-7)6-8/h7-8H,1-6,9H2/t7-,8?/m0/s1. The molecule has 2 saturated heterocycles. The molecule has 2 heterocycles. The van der Waals surface area contributed by atoms with E-state index >= 15 is 0 Å². The van der Waals surface area contributed by atoms with E-state index in [0.717, 1.165) is 12.5 Å². The number of hydrogen-bond acceptors (Lipinski definition) is 2. The van der Waals surface area contributed by atoms with Gasteiger partial charge in [-0.2, -0.15) is 0 Å². The van der Waals surface area contributed by atoms with Gasteiger partial charge < -0.3 is 10.6 Å². The maximum Gasteiger partial charge on any atom is 0.0170 e. The van der Waals surface area contributed by atoms with Crippen molar-refractivity contribution in [2.45, 2.75) is 25.3 Å². The van der Waals surface area contributed by atoms with E-state index in [4.69, 9.17) is 5.73 Å². The van der Waals surface area contributed by atoms with Crippen LogP contribution in [0.25, 0.3) is 0 Å². The fourth-order valence-corrected chi connectivity index (χ4v) is 2.34. The van der Waals surface area contributed by atoms with Gasteiger partial charge >= 0.3 is 0 Å². The Morgan fingerprint density at radius 1 is 1.30 bits per heavy atom. The third-order valence-electron chi connectivity index (χ3n) is 2.73. The van der Waals surface area contributed by atoms with Gasteiger partial charge in [0, 0.05) is 19.1 Å². The summed E-state index contributed by atoms with van der Waals surface area (Å²) < 4.78 is 0. The number of piperidine rings is 2. The molecule has 2 fully saturated rings. The Balaban J connectivity index is 1.98. The van der Waals surface area contributed by atoms with Crippen LogP contribution in [0, 0.1) is 5.92 Å². The highest BCUT2D eigenvalue weighted by Crippen LogP contribution is 2.24. The van der Waals surface area contributed by atoms with Crippen molar-refractivity contribution in [1.29, 1.82) is 0 Å². The van der Waals surface area contributed by atoms with Crippen LogP contribution in [-0.4, -0.2) is 30.6 Å². The fourth-order valence-electron chi connectivity index (χ4n) is 2.34. The minimum Gasteiger partial charge on any atom is -0.327 e. The molecule has 2 heteroatoms. The highest BCUT2D eigenvalue weighted by Gasteiger charge is 2.27. The summed E-state index contributed by atoms with van der Waals surface area (Å²) >= 11 is 0. The van der Waals surface area contributed by atoms with Crippen LogP contribution in [-0.2, 0) is 0 Å². The molecule has 2 N–H and O–H groups in total. The Hall–Kier alpha value is -0.0800. The zero-order valence-electron chi connectivity index (χ0n) is 6.42. The molecule has 0 aromatic heterocycles. The van der Waals surface area contributed by atoms with Gasteiger partial charge in [-0.1, -0.05) is 0 Å². The zero-order valence-corrected chi connectivity index (χ0v) is 6.42. The van der Waals surface area contributed by atoms with Crippen molar-refractivity contribution in [1.82, 2.24) is 4.90 Å². The van der Waals surface area contributed by atoms with Gasteiger partial charge in [0.25, 0.3) is 0 Å². The summed E-state index contributed by atoms with van der Waals surface area (Å²) in [6.07, 6.45) is 4.10. The van der Waals surface area contributed by atoms with E-state index in [0.29, 0.717) is 6.04 Å². The van der Waals surface area contributed by atoms with Crippen LogP contribution in [0.4, 0.5) is 0 Å². The van der Waals surface area contributed by atoms with Crippen molar-refractivity contribution >= 4 is 0 Å². The largest absolute Gasteiger partial charge is 0.327 e. The molecule has 0 saturated carbocycles. The molecule has 10 heavy (non-hydrogen) atoms.